The van der Waals surface area contributed by atoms with Gasteiger partial charge < -0.3 is 14.4 Å². The summed E-state index contributed by atoms with van der Waals surface area (Å²) in [7, 11) is 0.830. The maximum absolute atomic E-state index is 13.6. The van der Waals surface area contributed by atoms with Gasteiger partial charge in [0.25, 0.3) is 5.91 Å². The number of halogens is 4. The molecule has 1 heterocycles. The maximum atomic E-state index is 13.6. The van der Waals surface area contributed by atoms with Crippen molar-refractivity contribution in [2.24, 2.45) is 5.41 Å². The van der Waals surface area contributed by atoms with E-state index in [1.807, 2.05) is 0 Å². The summed E-state index contributed by atoms with van der Waals surface area (Å²) in [6, 6.07) is 0. The standard InChI is InChI=1S/C13H19BrF3NO4/c1-5-22-8-6-12(10(20)21-4,13(15,16)17)9(19)18(8)11(2,3)7-14/h8H,5-7H2,1-4H3. The molecule has 1 fully saturated rings. The first-order chi connectivity index (χ1) is 9.99. The summed E-state index contributed by atoms with van der Waals surface area (Å²) in [4.78, 5) is 25.4. The third kappa shape index (κ3) is 2.84. The second-order valence-corrected chi connectivity index (χ2v) is 6.19. The Morgan fingerprint density at radius 1 is 1.45 bits per heavy atom. The number of hydrogen-bond donors (Lipinski definition) is 0. The average molecular weight is 390 g/mol. The van der Waals surface area contributed by atoms with Crippen molar-refractivity contribution in [1.29, 1.82) is 0 Å². The summed E-state index contributed by atoms with van der Waals surface area (Å²) in [5.74, 6) is -2.95. The van der Waals surface area contributed by atoms with Crippen molar-refractivity contribution >= 4 is 27.8 Å². The Morgan fingerprint density at radius 2 is 2.00 bits per heavy atom. The summed E-state index contributed by atoms with van der Waals surface area (Å²) >= 11 is 3.18. The van der Waals surface area contributed by atoms with Gasteiger partial charge in [-0.15, -0.1) is 0 Å². The minimum absolute atomic E-state index is 0.113. The number of nitrogens with zero attached hydrogens (tertiary/aromatic N) is 1. The first-order valence-electron chi connectivity index (χ1n) is 6.66. The Morgan fingerprint density at radius 3 is 2.36 bits per heavy atom. The summed E-state index contributed by atoms with van der Waals surface area (Å²) in [5.41, 5.74) is -4.18. The zero-order valence-electron chi connectivity index (χ0n) is 12.8. The Kier molecular flexibility index (Phi) is 5.55. The lowest BCUT2D eigenvalue weighted by Gasteiger charge is -2.38. The molecule has 0 N–H and O–H groups in total. The smallest absolute Gasteiger partial charge is 0.413 e. The molecule has 9 heteroatoms. The van der Waals surface area contributed by atoms with Gasteiger partial charge >= 0.3 is 12.1 Å². The van der Waals surface area contributed by atoms with Crippen LogP contribution in [0.3, 0.4) is 0 Å². The molecule has 0 bridgehead atoms. The van der Waals surface area contributed by atoms with Gasteiger partial charge in [0.15, 0.2) is 0 Å². The Bertz CT molecular complexity index is 455. The van der Waals surface area contributed by atoms with Crippen LogP contribution in [0.2, 0.25) is 0 Å². The lowest BCUT2D eigenvalue weighted by Crippen LogP contribution is -2.56. The van der Waals surface area contributed by atoms with Crippen LogP contribution in [-0.4, -0.2) is 53.8 Å². The normalized spacial score (nSPS) is 26.5. The van der Waals surface area contributed by atoms with Gasteiger partial charge in [-0.2, -0.15) is 13.2 Å². The number of likely N-dealkylation sites (tertiary alicyclic amines) is 1. The molecule has 22 heavy (non-hydrogen) atoms. The van der Waals surface area contributed by atoms with Crippen LogP contribution in [0.4, 0.5) is 13.2 Å². The third-order valence-electron chi connectivity index (χ3n) is 3.71. The van der Waals surface area contributed by atoms with Gasteiger partial charge in [0, 0.05) is 23.9 Å². The van der Waals surface area contributed by atoms with Crippen molar-refractivity contribution in [3.8, 4) is 0 Å². The fourth-order valence-electron chi connectivity index (χ4n) is 2.53. The van der Waals surface area contributed by atoms with E-state index < -0.39 is 41.7 Å². The Labute approximate surface area is 135 Å². The molecule has 0 aromatic carbocycles. The minimum Gasteiger partial charge on any atom is -0.468 e. The quantitative estimate of drug-likeness (QED) is 0.411. The number of methoxy groups -OCH3 is 1. The SMILES string of the molecule is CCOC1CC(C(=O)OC)(C(F)(F)F)C(=O)N1C(C)(C)CBr. The van der Waals surface area contributed by atoms with Crippen LogP contribution in [-0.2, 0) is 19.1 Å². The van der Waals surface area contributed by atoms with Crippen LogP contribution in [0.25, 0.3) is 0 Å². The number of hydrogen-bond acceptors (Lipinski definition) is 4. The van der Waals surface area contributed by atoms with E-state index in [4.69, 9.17) is 4.74 Å². The Hall–Kier alpha value is -0.830. The first kappa shape index (κ1) is 19.2. The molecule has 2 unspecified atom stereocenters. The highest BCUT2D eigenvalue weighted by atomic mass is 79.9. The summed E-state index contributed by atoms with van der Waals surface area (Å²) in [6.07, 6.45) is -7.03. The molecule has 128 valence electrons. The van der Waals surface area contributed by atoms with Gasteiger partial charge in [-0.05, 0) is 20.8 Å². The van der Waals surface area contributed by atoms with E-state index in [1.54, 1.807) is 20.8 Å². The fourth-order valence-corrected chi connectivity index (χ4v) is 2.80. The largest absolute Gasteiger partial charge is 0.468 e. The van der Waals surface area contributed by atoms with Crippen LogP contribution >= 0.6 is 15.9 Å². The van der Waals surface area contributed by atoms with Gasteiger partial charge in [-0.1, -0.05) is 15.9 Å². The second-order valence-electron chi connectivity index (χ2n) is 5.63. The van der Waals surface area contributed by atoms with E-state index in [0.717, 1.165) is 12.0 Å². The van der Waals surface area contributed by atoms with E-state index in [-0.39, 0.29) is 11.9 Å². The molecule has 1 amide bonds. The molecular weight excluding hydrogens is 371 g/mol. The zero-order valence-corrected chi connectivity index (χ0v) is 14.4. The van der Waals surface area contributed by atoms with Crippen molar-refractivity contribution < 1.29 is 32.2 Å². The molecule has 1 aliphatic rings. The summed E-state index contributed by atoms with van der Waals surface area (Å²) in [6.45, 7) is 4.91. The van der Waals surface area contributed by atoms with Crippen LogP contribution in [0.5, 0.6) is 0 Å². The van der Waals surface area contributed by atoms with E-state index in [2.05, 4.69) is 20.7 Å². The van der Waals surface area contributed by atoms with E-state index in [0.29, 0.717) is 0 Å². The highest BCUT2D eigenvalue weighted by Crippen LogP contribution is 2.51. The molecular formula is C13H19BrF3NO4. The zero-order chi connectivity index (χ0) is 17.3. The number of carbonyl (C=O) groups is 2. The predicted octanol–water partition coefficient (Wildman–Crippen LogP) is 2.48. The molecule has 0 aromatic rings. The number of rotatable bonds is 5. The van der Waals surface area contributed by atoms with Crippen LogP contribution in [0.1, 0.15) is 27.2 Å². The predicted molar refractivity (Wildman–Crippen MR) is 75.3 cm³/mol. The summed E-state index contributed by atoms with van der Waals surface area (Å²) < 4.78 is 50.3. The van der Waals surface area contributed by atoms with Gasteiger partial charge in [-0.3, -0.25) is 9.59 Å². The highest BCUT2D eigenvalue weighted by molar-refractivity contribution is 9.09. The molecule has 0 aliphatic carbocycles. The third-order valence-corrected chi connectivity index (χ3v) is 5.08. The van der Waals surface area contributed by atoms with Crippen molar-refractivity contribution in [3.63, 3.8) is 0 Å². The fraction of sp³-hybridized carbons (Fsp3) is 0.846. The summed E-state index contributed by atoms with van der Waals surface area (Å²) in [5, 5.41) is 0.227. The van der Waals surface area contributed by atoms with E-state index >= 15 is 0 Å². The van der Waals surface area contributed by atoms with E-state index in [9.17, 15) is 22.8 Å². The number of esters is 1. The van der Waals surface area contributed by atoms with Gasteiger partial charge in [-0.25, -0.2) is 0 Å². The van der Waals surface area contributed by atoms with Gasteiger partial charge in [0.1, 0.15) is 6.23 Å². The van der Waals surface area contributed by atoms with Crippen LogP contribution < -0.4 is 0 Å². The maximum Gasteiger partial charge on any atom is 0.413 e. The van der Waals surface area contributed by atoms with Crippen molar-refractivity contribution in [2.75, 3.05) is 19.0 Å². The number of amides is 1. The molecule has 2 atom stereocenters. The van der Waals surface area contributed by atoms with Gasteiger partial charge in [0.2, 0.25) is 5.41 Å². The highest BCUT2D eigenvalue weighted by Gasteiger charge is 2.74. The molecule has 5 nitrogen and oxygen atoms in total. The molecule has 1 saturated heterocycles. The first-order valence-corrected chi connectivity index (χ1v) is 7.78. The minimum atomic E-state index is -5.07. The average Bonchev–Trinajstić information content (AvgIpc) is 2.72. The van der Waals surface area contributed by atoms with Crippen molar-refractivity contribution in [1.82, 2.24) is 4.90 Å². The van der Waals surface area contributed by atoms with Crippen molar-refractivity contribution in [2.45, 2.75) is 45.1 Å². The Balaban J connectivity index is 3.45. The molecule has 0 saturated carbocycles. The number of ether oxygens (including phenoxy) is 2. The molecule has 0 spiro atoms. The lowest BCUT2D eigenvalue weighted by atomic mass is 9.85. The van der Waals surface area contributed by atoms with Gasteiger partial charge in [0.05, 0.1) is 7.11 Å². The second kappa shape index (κ2) is 6.35. The monoisotopic (exact) mass is 389 g/mol. The molecule has 1 rings (SSSR count). The van der Waals surface area contributed by atoms with Crippen LogP contribution in [0.15, 0.2) is 0 Å². The number of alkyl halides is 4. The molecule has 0 radical (unpaired) electrons. The van der Waals surface area contributed by atoms with E-state index in [1.165, 1.54) is 0 Å². The molecule has 1 aliphatic heterocycles. The number of carbonyl (C=O) groups excluding carboxylic acids is 2. The van der Waals surface area contributed by atoms with Crippen LogP contribution in [0, 0.1) is 5.41 Å². The lowest BCUT2D eigenvalue weighted by molar-refractivity contribution is -0.228. The molecule has 0 aromatic heterocycles. The van der Waals surface area contributed by atoms with Crippen molar-refractivity contribution in [3.05, 3.63) is 0 Å². The topological polar surface area (TPSA) is 55.8 Å².